The number of rotatable bonds is 7. The standard InChI is InChI=1S/C110H114BN5/c1-103(2,3)71-37-49-94-86(59-71)87-60-72(104(4,5)6)38-50-95(87)114(94)81-45-47-90-98(63-81)112(79-41-33-67(34-42-79)69-53-75(107(13,14)15)57-76(54-69)108(16,17)18)100-65-83(116-92-31-27-25-29-84(92)85-30-26-28-32-93(85)116)66-101-102(100)111(90)91-48-46-82(115-96-51-39-73(105(7,8)9)61-88(96)89-62-74(106(10,11)12)40-52-97(89)115)64-99(91)113(101)80-43-35-68(36-44-80)70-55-77(109(19,20)21)58-78(56-70)110(22,23)24/h25-66H,1-24H3. The average molecular weight is 1520 g/mol. The number of nitrogens with zero attached hydrogens (tertiary/aromatic N) is 5. The van der Waals surface area contributed by atoms with Gasteiger partial charge < -0.3 is 23.5 Å². The molecule has 0 radical (unpaired) electrons. The van der Waals surface area contributed by atoms with E-state index in [1.165, 1.54) is 138 Å². The number of fused-ring (bicyclic) bond motifs is 13. The van der Waals surface area contributed by atoms with Gasteiger partial charge in [0.15, 0.2) is 0 Å². The second kappa shape index (κ2) is 26.2. The van der Waals surface area contributed by atoms with E-state index < -0.39 is 0 Å². The Morgan fingerprint density at radius 3 is 0.741 bits per heavy atom. The van der Waals surface area contributed by atoms with Crippen molar-refractivity contribution in [3.63, 3.8) is 0 Å². The Labute approximate surface area is 689 Å². The van der Waals surface area contributed by atoms with Gasteiger partial charge in [-0.2, -0.15) is 0 Å². The minimum atomic E-state index is -0.220. The first kappa shape index (κ1) is 76.2. The van der Waals surface area contributed by atoms with E-state index in [1.54, 1.807) is 0 Å². The Hall–Kier alpha value is -11.1. The molecule has 0 saturated heterocycles. The largest absolute Gasteiger partial charge is 0.311 e. The zero-order valence-corrected chi connectivity index (χ0v) is 73.1. The Balaban J connectivity index is 0.961. The van der Waals surface area contributed by atoms with Crippen molar-refractivity contribution in [3.05, 3.63) is 299 Å². The SMILES string of the molecule is CC(C)(C)c1cc(-c2ccc(N3c4cc(-n5c6ccc(C(C)(C)C)cc6c6cc(C(C)(C)C)ccc65)ccc4B4c5ccc(-n6c7ccc(C(C)(C)C)cc7c7cc(C(C)(C)C)ccc76)cc5N(c5ccc(-c6cc(C(C)(C)C)cc(C(C)(C)C)c6)cc5)c5cc(-n6c7ccccc7c7ccccc76)cc3c54)cc2)cc(C(C)(C)C)c1. The molecule has 3 aromatic heterocycles. The van der Waals surface area contributed by atoms with Crippen LogP contribution in [-0.2, 0) is 43.3 Å². The lowest BCUT2D eigenvalue weighted by Gasteiger charge is -2.44. The molecule has 0 saturated carbocycles. The van der Waals surface area contributed by atoms with Gasteiger partial charge in [-0.25, -0.2) is 0 Å². The lowest BCUT2D eigenvalue weighted by atomic mass is 9.33. The van der Waals surface area contributed by atoms with Crippen LogP contribution in [0.15, 0.2) is 255 Å². The normalized spacial score (nSPS) is 13.8. The van der Waals surface area contributed by atoms with Crippen LogP contribution in [0, 0.1) is 0 Å². The second-order valence-electron chi connectivity index (χ2n) is 42.1. The smallest absolute Gasteiger partial charge is 0.252 e. The number of para-hydroxylation sites is 2. The van der Waals surface area contributed by atoms with Crippen LogP contribution in [0.2, 0.25) is 0 Å². The molecule has 5 heterocycles. The van der Waals surface area contributed by atoms with E-state index in [9.17, 15) is 0 Å². The first-order chi connectivity index (χ1) is 54.5. The van der Waals surface area contributed by atoms with Gasteiger partial charge in [0.05, 0.1) is 38.8 Å². The summed E-state index contributed by atoms with van der Waals surface area (Å²) in [6.07, 6.45) is 0. The van der Waals surface area contributed by atoms with Crippen LogP contribution < -0.4 is 26.2 Å². The fourth-order valence-corrected chi connectivity index (χ4v) is 18.5. The van der Waals surface area contributed by atoms with Crippen LogP contribution in [0.1, 0.15) is 211 Å². The van der Waals surface area contributed by atoms with Gasteiger partial charge in [-0.15, -0.1) is 0 Å². The zero-order chi connectivity index (χ0) is 81.9. The summed E-state index contributed by atoms with van der Waals surface area (Å²) in [5, 5.41) is 7.52. The summed E-state index contributed by atoms with van der Waals surface area (Å²) >= 11 is 0. The highest BCUT2D eigenvalue weighted by atomic mass is 15.2. The van der Waals surface area contributed by atoms with Crippen molar-refractivity contribution in [1.29, 1.82) is 0 Å². The molecule has 18 rings (SSSR count). The van der Waals surface area contributed by atoms with E-state index in [1.807, 2.05) is 0 Å². The Morgan fingerprint density at radius 1 is 0.190 bits per heavy atom. The monoisotopic (exact) mass is 1520 g/mol. The third kappa shape index (κ3) is 12.8. The van der Waals surface area contributed by atoms with Crippen molar-refractivity contribution in [2.45, 2.75) is 209 Å². The van der Waals surface area contributed by atoms with E-state index in [-0.39, 0.29) is 50.0 Å². The first-order valence-electron chi connectivity index (χ1n) is 42.3. The molecule has 0 unspecified atom stereocenters. The van der Waals surface area contributed by atoms with Gasteiger partial charge in [0.1, 0.15) is 0 Å². The van der Waals surface area contributed by atoms with Crippen LogP contribution in [0.25, 0.3) is 105 Å². The van der Waals surface area contributed by atoms with Gasteiger partial charge in [0, 0.05) is 77.8 Å². The number of aromatic nitrogens is 3. The summed E-state index contributed by atoms with van der Waals surface area (Å²) in [6, 6.07) is 101. The molecule has 13 aromatic carbocycles. The Bertz CT molecular complexity index is 6100. The molecule has 0 amide bonds. The summed E-state index contributed by atoms with van der Waals surface area (Å²) in [4.78, 5) is 5.30. The number of anilines is 6. The molecule has 2 aliphatic rings. The van der Waals surface area contributed by atoms with Gasteiger partial charge in [-0.1, -0.05) is 300 Å². The highest BCUT2D eigenvalue weighted by Crippen LogP contribution is 2.51. The number of benzene rings is 13. The molecule has 16 aromatic rings. The highest BCUT2D eigenvalue weighted by Gasteiger charge is 2.45. The van der Waals surface area contributed by atoms with Gasteiger partial charge >= 0.3 is 0 Å². The van der Waals surface area contributed by atoms with Crippen LogP contribution in [0.5, 0.6) is 0 Å². The van der Waals surface area contributed by atoms with Crippen LogP contribution >= 0.6 is 0 Å². The number of hydrogen-bond acceptors (Lipinski definition) is 2. The third-order valence-electron chi connectivity index (χ3n) is 25.6. The van der Waals surface area contributed by atoms with Crippen molar-refractivity contribution in [2.75, 3.05) is 9.80 Å². The van der Waals surface area contributed by atoms with Crippen LogP contribution in [0.4, 0.5) is 34.1 Å². The van der Waals surface area contributed by atoms with Crippen molar-refractivity contribution < 1.29 is 0 Å². The molecule has 0 spiro atoms. The predicted octanol–water partition coefficient (Wildman–Crippen LogP) is 28.8. The molecule has 0 atom stereocenters. The minimum Gasteiger partial charge on any atom is -0.311 e. The predicted molar refractivity (Wildman–Crippen MR) is 504 cm³/mol. The summed E-state index contributed by atoms with van der Waals surface area (Å²) < 4.78 is 7.67. The molecule has 2 aliphatic heterocycles. The molecular formula is C110H114BN5. The van der Waals surface area contributed by atoms with Crippen molar-refractivity contribution in [1.82, 2.24) is 13.7 Å². The van der Waals surface area contributed by atoms with Crippen molar-refractivity contribution in [3.8, 4) is 39.3 Å². The molecule has 0 aliphatic carbocycles. The zero-order valence-electron chi connectivity index (χ0n) is 73.1. The summed E-state index contributed by atoms with van der Waals surface area (Å²) in [5.74, 6) is 0. The maximum Gasteiger partial charge on any atom is 0.252 e. The molecule has 0 fully saturated rings. The van der Waals surface area contributed by atoms with E-state index in [4.69, 9.17) is 0 Å². The maximum atomic E-state index is 2.65. The van der Waals surface area contributed by atoms with E-state index in [0.717, 1.165) is 62.2 Å². The second-order valence-corrected chi connectivity index (χ2v) is 42.1. The molecule has 0 bridgehead atoms. The van der Waals surface area contributed by atoms with E-state index in [0.29, 0.717) is 0 Å². The van der Waals surface area contributed by atoms with E-state index >= 15 is 0 Å². The molecule has 582 valence electrons. The summed E-state index contributed by atoms with van der Waals surface area (Å²) in [5.41, 5.74) is 35.9. The van der Waals surface area contributed by atoms with Gasteiger partial charge in [-0.3, -0.25) is 0 Å². The first-order valence-corrected chi connectivity index (χ1v) is 42.3. The molecule has 6 heteroatoms. The highest BCUT2D eigenvalue weighted by molar-refractivity contribution is 7.00. The fourth-order valence-electron chi connectivity index (χ4n) is 18.5. The molecule has 5 nitrogen and oxygen atoms in total. The summed E-state index contributed by atoms with van der Waals surface area (Å²) in [6.45, 7) is 56.0. The number of hydrogen-bond donors (Lipinski definition) is 0. The van der Waals surface area contributed by atoms with Gasteiger partial charge in [-0.05, 0) is 248 Å². The summed E-state index contributed by atoms with van der Waals surface area (Å²) in [7, 11) is 0. The lowest BCUT2D eigenvalue weighted by molar-refractivity contribution is 0.568. The quantitative estimate of drug-likeness (QED) is 0.148. The Morgan fingerprint density at radius 2 is 0.448 bits per heavy atom. The lowest BCUT2D eigenvalue weighted by Crippen LogP contribution is -2.61. The topological polar surface area (TPSA) is 21.3 Å². The van der Waals surface area contributed by atoms with Gasteiger partial charge in [0.25, 0.3) is 6.71 Å². The fraction of sp³-hybridized carbons (Fsp3) is 0.291. The van der Waals surface area contributed by atoms with Gasteiger partial charge in [0.2, 0.25) is 0 Å². The molecule has 0 N–H and O–H groups in total. The molecule has 116 heavy (non-hydrogen) atoms. The van der Waals surface area contributed by atoms with Crippen molar-refractivity contribution >= 4 is 123 Å². The minimum absolute atomic E-state index is 0.0510. The van der Waals surface area contributed by atoms with Crippen molar-refractivity contribution in [2.24, 2.45) is 0 Å². The average Bonchev–Trinajstić information content (AvgIpc) is 0.899. The maximum absolute atomic E-state index is 2.65. The van der Waals surface area contributed by atoms with Crippen LogP contribution in [-0.4, -0.2) is 20.4 Å². The third-order valence-corrected chi connectivity index (χ3v) is 25.6. The van der Waals surface area contributed by atoms with Crippen LogP contribution in [0.3, 0.4) is 0 Å². The Kier molecular flexibility index (Phi) is 17.2. The molecular weight excluding hydrogens is 1400 g/mol. The van der Waals surface area contributed by atoms with E-state index in [2.05, 4.69) is 444 Å².